The fraction of sp³-hybridized carbons (Fsp3) is 0.800. The normalized spacial score (nSPS) is 31.8. The molecule has 1 N–H and O–H groups in total. The summed E-state index contributed by atoms with van der Waals surface area (Å²) in [6, 6.07) is 0.451. The molecule has 1 fully saturated rings. The Balaban J connectivity index is 2.38. The highest BCUT2D eigenvalue weighted by Crippen LogP contribution is 2.22. The first-order valence-corrected chi connectivity index (χ1v) is 4.71. The van der Waals surface area contributed by atoms with Crippen LogP contribution in [-0.2, 0) is 4.74 Å². The van der Waals surface area contributed by atoms with Gasteiger partial charge in [0, 0.05) is 6.04 Å². The summed E-state index contributed by atoms with van der Waals surface area (Å²) in [5.41, 5.74) is 0. The lowest BCUT2D eigenvalue weighted by molar-refractivity contribution is 0.0343. The van der Waals surface area contributed by atoms with Crippen molar-refractivity contribution in [2.45, 2.75) is 44.4 Å². The van der Waals surface area contributed by atoms with E-state index < -0.39 is 0 Å². The van der Waals surface area contributed by atoms with Gasteiger partial charge in [0.1, 0.15) is 0 Å². The zero-order chi connectivity index (χ0) is 8.97. The van der Waals surface area contributed by atoms with Crippen LogP contribution in [0.2, 0.25) is 0 Å². The summed E-state index contributed by atoms with van der Waals surface area (Å²) >= 11 is 0. The van der Waals surface area contributed by atoms with Gasteiger partial charge < -0.3 is 10.1 Å². The summed E-state index contributed by atoms with van der Waals surface area (Å²) in [7, 11) is 1.99. The van der Waals surface area contributed by atoms with Gasteiger partial charge in [0.05, 0.1) is 12.2 Å². The van der Waals surface area contributed by atoms with Crippen molar-refractivity contribution < 1.29 is 4.74 Å². The fourth-order valence-electron chi connectivity index (χ4n) is 1.76. The molecule has 0 bridgehead atoms. The molecule has 3 unspecified atom stereocenters. The van der Waals surface area contributed by atoms with Crippen LogP contribution in [0.5, 0.6) is 0 Å². The number of hydrogen-bond acceptors (Lipinski definition) is 2. The Morgan fingerprint density at radius 1 is 1.67 bits per heavy atom. The summed E-state index contributed by atoms with van der Waals surface area (Å²) in [5.74, 6) is 0. The van der Waals surface area contributed by atoms with Gasteiger partial charge in [0.15, 0.2) is 0 Å². The third kappa shape index (κ3) is 2.32. The summed E-state index contributed by atoms with van der Waals surface area (Å²) in [6.45, 7) is 5.88. The maximum absolute atomic E-state index is 5.76. The Kier molecular flexibility index (Phi) is 3.76. The standard InChI is InChI=1S/C10H19NO/c1-4-5-9(11-3)10-7-6-8(2)12-10/h4,8-11H,1,5-7H2,2-3H3. The molecule has 0 amide bonds. The van der Waals surface area contributed by atoms with E-state index in [-0.39, 0.29) is 0 Å². The average Bonchev–Trinajstić information content (AvgIpc) is 2.47. The third-order valence-electron chi connectivity index (χ3n) is 2.50. The minimum Gasteiger partial charge on any atom is -0.374 e. The summed E-state index contributed by atoms with van der Waals surface area (Å²) in [4.78, 5) is 0. The molecule has 1 aliphatic rings. The highest BCUT2D eigenvalue weighted by Gasteiger charge is 2.27. The largest absolute Gasteiger partial charge is 0.374 e. The molecule has 3 atom stereocenters. The Bertz CT molecular complexity index is 147. The van der Waals surface area contributed by atoms with Crippen molar-refractivity contribution >= 4 is 0 Å². The number of hydrogen-bond donors (Lipinski definition) is 1. The second-order valence-corrected chi connectivity index (χ2v) is 3.48. The zero-order valence-corrected chi connectivity index (χ0v) is 8.05. The van der Waals surface area contributed by atoms with Gasteiger partial charge in [-0.3, -0.25) is 0 Å². The second kappa shape index (κ2) is 4.63. The predicted octanol–water partition coefficient (Wildman–Crippen LogP) is 1.72. The minimum absolute atomic E-state index is 0.392. The first-order chi connectivity index (χ1) is 5.77. The van der Waals surface area contributed by atoms with Gasteiger partial charge in [-0.2, -0.15) is 0 Å². The van der Waals surface area contributed by atoms with E-state index in [1.165, 1.54) is 12.8 Å². The molecular formula is C10H19NO. The van der Waals surface area contributed by atoms with Gasteiger partial charge >= 0.3 is 0 Å². The van der Waals surface area contributed by atoms with Crippen LogP contribution in [0.1, 0.15) is 26.2 Å². The minimum atomic E-state index is 0.392. The number of nitrogens with one attached hydrogen (secondary N) is 1. The third-order valence-corrected chi connectivity index (χ3v) is 2.50. The average molecular weight is 169 g/mol. The van der Waals surface area contributed by atoms with Gasteiger partial charge in [-0.15, -0.1) is 6.58 Å². The second-order valence-electron chi connectivity index (χ2n) is 3.48. The van der Waals surface area contributed by atoms with Gasteiger partial charge in [0.25, 0.3) is 0 Å². The van der Waals surface area contributed by atoms with Crippen LogP contribution in [0.25, 0.3) is 0 Å². The Morgan fingerprint density at radius 2 is 2.42 bits per heavy atom. The highest BCUT2D eigenvalue weighted by molar-refractivity contribution is 4.86. The maximum Gasteiger partial charge on any atom is 0.0735 e. The molecule has 0 aliphatic carbocycles. The molecule has 0 saturated carbocycles. The van der Waals surface area contributed by atoms with Crippen LogP contribution in [0.15, 0.2) is 12.7 Å². The van der Waals surface area contributed by atoms with Gasteiger partial charge in [0.2, 0.25) is 0 Å². The Labute approximate surface area is 75.0 Å². The molecule has 0 radical (unpaired) electrons. The van der Waals surface area contributed by atoms with E-state index in [9.17, 15) is 0 Å². The van der Waals surface area contributed by atoms with E-state index in [1.807, 2.05) is 13.1 Å². The van der Waals surface area contributed by atoms with Crippen LogP contribution in [0.3, 0.4) is 0 Å². The predicted molar refractivity (Wildman–Crippen MR) is 51.2 cm³/mol. The lowest BCUT2D eigenvalue weighted by Gasteiger charge is -2.21. The van der Waals surface area contributed by atoms with Crippen molar-refractivity contribution in [2.75, 3.05) is 7.05 Å². The van der Waals surface area contributed by atoms with Crippen molar-refractivity contribution in [3.8, 4) is 0 Å². The Morgan fingerprint density at radius 3 is 2.83 bits per heavy atom. The topological polar surface area (TPSA) is 21.3 Å². The Hall–Kier alpha value is -0.340. The molecule has 12 heavy (non-hydrogen) atoms. The fourth-order valence-corrected chi connectivity index (χ4v) is 1.76. The van der Waals surface area contributed by atoms with Gasteiger partial charge in [-0.25, -0.2) is 0 Å². The van der Waals surface area contributed by atoms with Gasteiger partial charge in [-0.1, -0.05) is 6.08 Å². The molecule has 70 valence electrons. The molecule has 0 aromatic heterocycles. The lowest BCUT2D eigenvalue weighted by atomic mass is 10.0. The summed E-state index contributed by atoms with van der Waals surface area (Å²) in [5, 5.41) is 3.27. The molecule has 1 heterocycles. The van der Waals surface area contributed by atoms with Crippen LogP contribution in [0.4, 0.5) is 0 Å². The monoisotopic (exact) mass is 169 g/mol. The van der Waals surface area contributed by atoms with E-state index in [2.05, 4.69) is 18.8 Å². The molecule has 1 aliphatic heterocycles. The molecule has 2 heteroatoms. The molecule has 0 aromatic rings. The zero-order valence-electron chi connectivity index (χ0n) is 8.05. The number of rotatable bonds is 4. The first-order valence-electron chi connectivity index (χ1n) is 4.71. The van der Waals surface area contributed by atoms with Crippen LogP contribution >= 0.6 is 0 Å². The number of likely N-dealkylation sites (N-methyl/N-ethyl adjacent to an activating group) is 1. The van der Waals surface area contributed by atoms with E-state index >= 15 is 0 Å². The van der Waals surface area contributed by atoms with E-state index in [1.54, 1.807) is 0 Å². The van der Waals surface area contributed by atoms with Crippen LogP contribution < -0.4 is 5.32 Å². The van der Waals surface area contributed by atoms with Crippen LogP contribution in [0, 0.1) is 0 Å². The first kappa shape index (κ1) is 9.75. The summed E-state index contributed by atoms with van der Waals surface area (Å²) < 4.78 is 5.76. The van der Waals surface area contributed by atoms with Crippen molar-refractivity contribution in [2.24, 2.45) is 0 Å². The maximum atomic E-state index is 5.76. The molecule has 0 aromatic carbocycles. The smallest absolute Gasteiger partial charge is 0.0735 e. The quantitative estimate of drug-likeness (QED) is 0.647. The summed E-state index contributed by atoms with van der Waals surface area (Å²) in [6.07, 6.45) is 6.15. The number of ether oxygens (including phenoxy) is 1. The van der Waals surface area contributed by atoms with Crippen molar-refractivity contribution in [1.82, 2.24) is 5.32 Å². The van der Waals surface area contributed by atoms with E-state index in [0.29, 0.717) is 18.2 Å². The SMILES string of the molecule is C=CCC(NC)C1CCC(C)O1. The molecule has 1 rings (SSSR count). The molecule has 0 spiro atoms. The van der Waals surface area contributed by atoms with E-state index in [0.717, 1.165) is 6.42 Å². The van der Waals surface area contributed by atoms with Crippen molar-refractivity contribution in [3.63, 3.8) is 0 Å². The van der Waals surface area contributed by atoms with Gasteiger partial charge in [-0.05, 0) is 33.2 Å². The molecular weight excluding hydrogens is 150 g/mol. The highest BCUT2D eigenvalue weighted by atomic mass is 16.5. The van der Waals surface area contributed by atoms with Crippen molar-refractivity contribution in [1.29, 1.82) is 0 Å². The molecule has 2 nitrogen and oxygen atoms in total. The lowest BCUT2D eigenvalue weighted by Crippen LogP contribution is -2.37. The molecule has 1 saturated heterocycles. The van der Waals surface area contributed by atoms with E-state index in [4.69, 9.17) is 4.74 Å². The van der Waals surface area contributed by atoms with Crippen molar-refractivity contribution in [3.05, 3.63) is 12.7 Å². The van der Waals surface area contributed by atoms with Crippen LogP contribution in [-0.4, -0.2) is 25.3 Å².